The summed E-state index contributed by atoms with van der Waals surface area (Å²) in [6, 6.07) is 2.94. The normalized spacial score (nSPS) is 10.6. The lowest BCUT2D eigenvalue weighted by atomic mass is 10.4. The molecule has 2 aromatic heterocycles. The Labute approximate surface area is 81.8 Å². The van der Waals surface area contributed by atoms with Gasteiger partial charge in [-0.25, -0.2) is 14.2 Å². The lowest BCUT2D eigenvalue weighted by molar-refractivity contribution is 0.0685. The fourth-order valence-electron chi connectivity index (χ4n) is 1.29. The second-order valence-corrected chi connectivity index (χ2v) is 3.57. The number of aromatic carboxylic acids is 1. The van der Waals surface area contributed by atoms with E-state index in [2.05, 4.69) is 0 Å². The van der Waals surface area contributed by atoms with Crippen molar-refractivity contribution in [1.29, 1.82) is 0 Å². The van der Waals surface area contributed by atoms with Gasteiger partial charge in [-0.3, -0.25) is 0 Å². The van der Waals surface area contributed by atoms with Crippen molar-refractivity contribution < 1.29 is 19.8 Å². The second kappa shape index (κ2) is 2.85. The summed E-state index contributed by atoms with van der Waals surface area (Å²) in [5.41, 5.74) is 0.194. The van der Waals surface area contributed by atoms with E-state index >= 15 is 0 Å². The van der Waals surface area contributed by atoms with E-state index in [-0.39, 0.29) is 5.69 Å². The third kappa shape index (κ3) is 1.08. The van der Waals surface area contributed by atoms with Crippen molar-refractivity contribution in [2.24, 2.45) is 0 Å². The number of rotatable bonds is 1. The van der Waals surface area contributed by atoms with Gasteiger partial charge in [-0.15, -0.1) is 11.3 Å². The Morgan fingerprint density at radius 2 is 2.07 bits per heavy atom. The first-order valence-electron chi connectivity index (χ1n) is 3.67. The minimum atomic E-state index is -1.28. The molecule has 0 radical (unpaired) electrons. The number of fused-ring (bicyclic) bond motifs is 1. The molecule has 0 aromatic carbocycles. The van der Waals surface area contributed by atoms with Gasteiger partial charge in [0, 0.05) is 0 Å². The largest absolute Gasteiger partial charge is 0.477 e. The number of aromatic nitrogens is 1. The van der Waals surface area contributed by atoms with Crippen molar-refractivity contribution in [3.8, 4) is 0 Å². The molecule has 0 atom stereocenters. The topological polar surface area (TPSA) is 79.5 Å². The summed E-state index contributed by atoms with van der Waals surface area (Å²) in [6.45, 7) is 0. The van der Waals surface area contributed by atoms with Gasteiger partial charge >= 0.3 is 12.1 Å². The fourth-order valence-corrected chi connectivity index (χ4v) is 2.09. The van der Waals surface area contributed by atoms with Crippen molar-refractivity contribution in [3.05, 3.63) is 23.2 Å². The molecule has 2 aromatic rings. The number of hydrogen-bond acceptors (Lipinski definition) is 3. The Morgan fingerprint density at radius 3 is 2.64 bits per heavy atom. The molecule has 2 heterocycles. The third-order valence-electron chi connectivity index (χ3n) is 1.83. The van der Waals surface area contributed by atoms with Crippen molar-refractivity contribution >= 4 is 33.6 Å². The quantitative estimate of drug-likeness (QED) is 0.755. The van der Waals surface area contributed by atoms with Crippen LogP contribution in [-0.2, 0) is 0 Å². The highest BCUT2D eigenvalue weighted by Gasteiger charge is 2.19. The van der Waals surface area contributed by atoms with Gasteiger partial charge in [0.25, 0.3) is 0 Å². The van der Waals surface area contributed by atoms with Gasteiger partial charge in [0.05, 0.1) is 10.2 Å². The van der Waals surface area contributed by atoms with Crippen LogP contribution in [0, 0.1) is 0 Å². The maximum absolute atomic E-state index is 10.8. The van der Waals surface area contributed by atoms with Crippen LogP contribution in [0.1, 0.15) is 10.5 Å². The number of hydrogen-bond donors (Lipinski definition) is 2. The van der Waals surface area contributed by atoms with Crippen molar-refractivity contribution in [2.45, 2.75) is 0 Å². The summed E-state index contributed by atoms with van der Waals surface area (Å²) in [6.07, 6.45) is -1.28. The standard InChI is InChI=1S/C8H5NO4S/c10-7(11)5-3-6-4(1-2-14-6)9(5)8(12)13/h1-3H,(H,10,11)(H,12,13). The molecule has 0 amide bonds. The van der Waals surface area contributed by atoms with Gasteiger partial charge < -0.3 is 10.2 Å². The molecule has 2 rings (SSSR count). The summed E-state index contributed by atoms with van der Waals surface area (Å²) in [5.74, 6) is -1.24. The molecule has 0 bridgehead atoms. The molecule has 0 aliphatic carbocycles. The first kappa shape index (κ1) is 8.76. The van der Waals surface area contributed by atoms with Crippen LogP contribution >= 0.6 is 11.3 Å². The van der Waals surface area contributed by atoms with Crippen molar-refractivity contribution in [3.63, 3.8) is 0 Å². The molecular formula is C8H5NO4S. The van der Waals surface area contributed by atoms with Crippen LogP contribution in [-0.4, -0.2) is 26.8 Å². The summed E-state index contributed by atoms with van der Waals surface area (Å²) >= 11 is 1.31. The molecule has 0 spiro atoms. The second-order valence-electron chi connectivity index (χ2n) is 2.62. The minimum Gasteiger partial charge on any atom is -0.477 e. The van der Waals surface area contributed by atoms with E-state index in [9.17, 15) is 9.59 Å². The molecule has 0 aliphatic heterocycles. The Hall–Kier alpha value is -1.82. The number of nitrogens with zero attached hydrogens (tertiary/aromatic N) is 1. The zero-order chi connectivity index (χ0) is 10.3. The smallest absolute Gasteiger partial charge is 0.416 e. The third-order valence-corrected chi connectivity index (χ3v) is 2.69. The van der Waals surface area contributed by atoms with Crippen LogP contribution in [0.3, 0.4) is 0 Å². The highest BCUT2D eigenvalue weighted by Crippen LogP contribution is 2.24. The molecule has 0 aliphatic rings. The van der Waals surface area contributed by atoms with E-state index in [1.807, 2.05) is 0 Å². The van der Waals surface area contributed by atoms with E-state index in [0.29, 0.717) is 10.2 Å². The molecular weight excluding hydrogens is 206 g/mol. The van der Waals surface area contributed by atoms with Crippen LogP contribution in [0.25, 0.3) is 10.2 Å². The molecule has 0 saturated carbocycles. The lowest BCUT2D eigenvalue weighted by Gasteiger charge is -1.98. The maximum atomic E-state index is 10.8. The minimum absolute atomic E-state index is 0.223. The summed E-state index contributed by atoms with van der Waals surface area (Å²) < 4.78 is 1.43. The van der Waals surface area contributed by atoms with E-state index in [4.69, 9.17) is 10.2 Å². The molecule has 14 heavy (non-hydrogen) atoms. The summed E-state index contributed by atoms with van der Waals surface area (Å²) in [7, 11) is 0. The molecule has 0 saturated heterocycles. The zero-order valence-corrected chi connectivity index (χ0v) is 7.61. The number of thiophene rings is 1. The Kier molecular flexibility index (Phi) is 1.78. The van der Waals surface area contributed by atoms with Gasteiger partial charge in [0.2, 0.25) is 0 Å². The Bertz CT molecular complexity index is 524. The van der Waals surface area contributed by atoms with Crippen LogP contribution < -0.4 is 0 Å². The predicted molar refractivity (Wildman–Crippen MR) is 50.2 cm³/mol. The average molecular weight is 211 g/mol. The molecule has 0 fully saturated rings. The van der Waals surface area contributed by atoms with Gasteiger partial charge in [-0.05, 0) is 17.5 Å². The van der Waals surface area contributed by atoms with E-state index in [0.717, 1.165) is 4.57 Å². The first-order chi connectivity index (χ1) is 6.61. The maximum Gasteiger partial charge on any atom is 0.416 e. The average Bonchev–Trinajstić information content (AvgIpc) is 2.58. The predicted octanol–water partition coefficient (Wildman–Crippen LogP) is 1.93. The van der Waals surface area contributed by atoms with Crippen LogP contribution in [0.15, 0.2) is 17.5 Å². The van der Waals surface area contributed by atoms with E-state index < -0.39 is 12.1 Å². The number of carboxylic acid groups (broad SMARTS) is 2. The zero-order valence-electron chi connectivity index (χ0n) is 6.80. The van der Waals surface area contributed by atoms with Gasteiger partial charge in [0.1, 0.15) is 5.69 Å². The van der Waals surface area contributed by atoms with Gasteiger partial charge in [-0.1, -0.05) is 0 Å². The SMILES string of the molecule is O=C(O)c1cc2sccc2n1C(=O)O. The molecule has 72 valence electrons. The van der Waals surface area contributed by atoms with E-state index in [1.54, 1.807) is 11.4 Å². The van der Waals surface area contributed by atoms with E-state index in [1.165, 1.54) is 17.4 Å². The molecule has 6 heteroatoms. The summed E-state index contributed by atoms with van der Waals surface area (Å²) in [5, 5.41) is 19.3. The fraction of sp³-hybridized carbons (Fsp3) is 0. The van der Waals surface area contributed by atoms with Crippen molar-refractivity contribution in [1.82, 2.24) is 4.57 Å². The highest BCUT2D eigenvalue weighted by molar-refractivity contribution is 7.17. The highest BCUT2D eigenvalue weighted by atomic mass is 32.1. The Balaban J connectivity index is 2.82. The monoisotopic (exact) mass is 211 g/mol. The van der Waals surface area contributed by atoms with Crippen LogP contribution in [0.2, 0.25) is 0 Å². The number of carboxylic acids is 1. The van der Waals surface area contributed by atoms with Gasteiger partial charge in [0.15, 0.2) is 0 Å². The van der Waals surface area contributed by atoms with Crippen LogP contribution in [0.4, 0.5) is 4.79 Å². The molecule has 5 nitrogen and oxygen atoms in total. The Morgan fingerprint density at radius 1 is 1.36 bits per heavy atom. The lowest BCUT2D eigenvalue weighted by Crippen LogP contribution is -2.14. The van der Waals surface area contributed by atoms with Crippen LogP contribution in [0.5, 0.6) is 0 Å². The van der Waals surface area contributed by atoms with Crippen molar-refractivity contribution in [2.75, 3.05) is 0 Å². The summed E-state index contributed by atoms with van der Waals surface area (Å²) in [4.78, 5) is 21.5. The number of carbonyl (C=O) groups is 2. The first-order valence-corrected chi connectivity index (χ1v) is 4.55. The molecule has 0 unspecified atom stereocenters. The molecule has 2 N–H and O–H groups in total. The van der Waals surface area contributed by atoms with Gasteiger partial charge in [-0.2, -0.15) is 0 Å².